The molecule has 24 nitrogen and oxygen atoms in total. The van der Waals surface area contributed by atoms with Crippen LogP contribution in [0.2, 0.25) is 0 Å². The fourth-order valence-corrected chi connectivity index (χ4v) is 10.6. The van der Waals surface area contributed by atoms with Crippen molar-refractivity contribution in [3.05, 3.63) is 120 Å². The molecule has 4 fully saturated rings. The second-order valence-electron chi connectivity index (χ2n) is 20.5. The van der Waals surface area contributed by atoms with Crippen LogP contribution in [0.25, 0.3) is 17.3 Å². The number of para-hydroxylation sites is 1. The van der Waals surface area contributed by atoms with Crippen LogP contribution in [0.15, 0.2) is 109 Å². The fourth-order valence-electron chi connectivity index (χ4n) is 10.6. The molecule has 0 radical (unpaired) electrons. The summed E-state index contributed by atoms with van der Waals surface area (Å²) in [6, 6.07) is 23.2. The zero-order valence-electron chi connectivity index (χ0n) is 43.9. The summed E-state index contributed by atoms with van der Waals surface area (Å²) < 4.78 is 63.9. The van der Waals surface area contributed by atoms with E-state index in [4.69, 9.17) is 47.4 Å². The monoisotopic (exact) mass is 1120 g/mol. The molecule has 1 aromatic heterocycles. The van der Waals surface area contributed by atoms with Crippen molar-refractivity contribution in [2.75, 3.05) is 26.4 Å². The Morgan fingerprint density at radius 2 is 1.41 bits per heavy atom. The molecule has 9 rings (SSSR count). The maximum absolute atomic E-state index is 14.0. The zero-order chi connectivity index (χ0) is 56.8. The van der Waals surface area contributed by atoms with E-state index in [1.54, 1.807) is 37.4 Å². The molecule has 3 aromatic carbocycles. The van der Waals surface area contributed by atoms with Crippen LogP contribution in [0.1, 0.15) is 61.5 Å². The van der Waals surface area contributed by atoms with E-state index in [0.29, 0.717) is 34.8 Å². The number of esters is 1. The Balaban J connectivity index is 1.07. The third-order valence-corrected chi connectivity index (χ3v) is 15.0. The molecule has 1 saturated carbocycles. The van der Waals surface area contributed by atoms with Crippen molar-refractivity contribution in [1.82, 2.24) is 15.0 Å². The molecule has 3 saturated heterocycles. The van der Waals surface area contributed by atoms with Crippen LogP contribution in [0.5, 0.6) is 5.75 Å². The molecule has 20 atom stereocenters. The van der Waals surface area contributed by atoms with Crippen LogP contribution in [-0.2, 0) is 47.4 Å². The van der Waals surface area contributed by atoms with Gasteiger partial charge in [0.05, 0.1) is 56.4 Å². The van der Waals surface area contributed by atoms with Crippen molar-refractivity contribution in [1.29, 1.82) is 0 Å². The Bertz CT molecular complexity index is 2720. The van der Waals surface area contributed by atoms with Crippen molar-refractivity contribution in [3.63, 3.8) is 0 Å². The highest BCUT2D eigenvalue weighted by Gasteiger charge is 2.55. The number of aliphatic hydroxyl groups excluding tert-OH is 8. The van der Waals surface area contributed by atoms with Gasteiger partial charge in [0.1, 0.15) is 84.3 Å². The Kier molecular flexibility index (Phi) is 19.6. The number of carboxylic acid groups (broad SMARTS) is 1. The number of hydrogen-bond acceptors (Lipinski definition) is 22. The molecule has 5 aliphatic rings. The number of carboxylic acids is 1. The van der Waals surface area contributed by atoms with E-state index >= 15 is 0 Å². The smallest absolute Gasteiger partial charge is 0.338 e. The predicted octanol–water partition coefficient (Wildman–Crippen LogP) is 1.27. The third kappa shape index (κ3) is 13.2. The minimum Gasteiger partial charge on any atom is -0.479 e. The summed E-state index contributed by atoms with van der Waals surface area (Å²) >= 11 is 0. The average Bonchev–Trinajstić information content (AvgIpc) is 4.01. The SMILES string of the molecule is C=C1Oc2ccccc2C=C1COC1C(O)[C@@H](OCC2CC(n3cc(-c4ccccc4)nn3)[C@@H](O[C@@H]3OC(C)[C@@H](O)[C@H](O)C3O)[C@H](O[C@@H]3O[C@@H](CO)[C@H](O)C(O[C@@H](CCC)C(=O)O)C3OC(=O)c3ccccc3)C2)OC(CO)[C@H]1O. The molecular weight excluding hydrogens is 1050 g/mol. The van der Waals surface area contributed by atoms with Crippen LogP contribution < -0.4 is 4.74 Å². The van der Waals surface area contributed by atoms with E-state index in [9.17, 15) is 55.5 Å². The van der Waals surface area contributed by atoms with Crippen molar-refractivity contribution in [2.45, 2.75) is 156 Å². The first-order valence-electron chi connectivity index (χ1n) is 26.7. The van der Waals surface area contributed by atoms with Gasteiger partial charge in [0.15, 0.2) is 31.1 Å². The molecule has 24 heteroatoms. The number of benzene rings is 3. The van der Waals surface area contributed by atoms with Crippen LogP contribution in [0.3, 0.4) is 0 Å². The summed E-state index contributed by atoms with van der Waals surface area (Å²) in [7, 11) is 0. The van der Waals surface area contributed by atoms with Crippen LogP contribution in [-0.4, -0.2) is 210 Å². The van der Waals surface area contributed by atoms with Crippen LogP contribution in [0, 0.1) is 5.92 Å². The Hall–Kier alpha value is -5.62. The van der Waals surface area contributed by atoms with Gasteiger partial charge >= 0.3 is 11.9 Å². The summed E-state index contributed by atoms with van der Waals surface area (Å²) in [6.45, 7) is 5.25. The van der Waals surface area contributed by atoms with E-state index < -0.39 is 148 Å². The van der Waals surface area contributed by atoms with Crippen molar-refractivity contribution < 1.29 is 103 Å². The minimum absolute atomic E-state index is 0.0242. The highest BCUT2D eigenvalue weighted by Crippen LogP contribution is 2.42. The lowest BCUT2D eigenvalue weighted by Gasteiger charge is -2.49. The topological polar surface area (TPSA) is 339 Å². The summed E-state index contributed by atoms with van der Waals surface area (Å²) in [4.78, 5) is 26.6. The first-order chi connectivity index (χ1) is 38.6. The minimum atomic E-state index is -1.83. The lowest BCUT2D eigenvalue weighted by atomic mass is 9.81. The standard InChI is InChI=1S/C56H69N3O21/c1-4-13-38(52(68)69)75-50-44(64)41(25-61)78-56(51(50)79-53(70)32-16-9-6-10-17-32)76-39-21-30(26-72-54-47(67)49(43(63)40(24-60)77-54)71-27-34-22-33-18-11-12-19-37(33)73-28(34)2)20-36(59-23-35(57-58-59)31-14-7-5-8-15-31)48(39)80-55-46(66)45(65)42(62)29(3)74-55/h5-12,14-19,22-23,29-30,36,38-51,54-56,60-67H,2,4,13,20-21,24-27H2,1,3H3,(H,68,69)/t29?,30?,36?,38-,39+,40?,41-,42+,43+,44-,45-,46?,47?,48+,49?,50?,51?,54-,55-,56+/m0/s1. The lowest BCUT2D eigenvalue weighted by molar-refractivity contribution is -0.350. The molecule has 5 heterocycles. The summed E-state index contributed by atoms with van der Waals surface area (Å²) in [5, 5.41) is 108. The number of fused-ring (bicyclic) bond motifs is 1. The first kappa shape index (κ1) is 59.0. The molecule has 1 aliphatic carbocycles. The van der Waals surface area contributed by atoms with Crippen molar-refractivity contribution in [3.8, 4) is 17.0 Å². The van der Waals surface area contributed by atoms with E-state index in [1.165, 1.54) is 23.7 Å². The molecule has 80 heavy (non-hydrogen) atoms. The number of rotatable bonds is 21. The Labute approximate surface area is 460 Å². The molecule has 0 bridgehead atoms. The quantitative estimate of drug-likeness (QED) is 0.0531. The Morgan fingerprint density at radius 1 is 0.738 bits per heavy atom. The normalized spacial score (nSPS) is 34.9. The molecule has 0 amide bonds. The fraction of sp³-hybridized carbons (Fsp3) is 0.536. The zero-order valence-corrected chi connectivity index (χ0v) is 43.9. The van der Waals surface area contributed by atoms with Gasteiger partial charge in [0.25, 0.3) is 0 Å². The largest absolute Gasteiger partial charge is 0.479 e. The lowest BCUT2D eigenvalue weighted by Crippen LogP contribution is -2.64. The molecular formula is C56H69N3O21. The van der Waals surface area contributed by atoms with Gasteiger partial charge in [-0.2, -0.15) is 0 Å². The summed E-state index contributed by atoms with van der Waals surface area (Å²) in [5.74, 6) is -2.10. The van der Waals surface area contributed by atoms with Gasteiger partial charge in [-0.3, -0.25) is 0 Å². The van der Waals surface area contributed by atoms with E-state index in [2.05, 4.69) is 16.9 Å². The third-order valence-electron chi connectivity index (χ3n) is 15.0. The van der Waals surface area contributed by atoms with Crippen molar-refractivity contribution in [2.24, 2.45) is 5.92 Å². The summed E-state index contributed by atoms with van der Waals surface area (Å²) in [5.41, 5.74) is 2.48. The van der Waals surface area contributed by atoms with E-state index in [1.807, 2.05) is 54.6 Å². The van der Waals surface area contributed by atoms with E-state index in [0.717, 1.165) is 5.56 Å². The number of ether oxygens (including phenoxy) is 10. The molecule has 9 unspecified atom stereocenters. The van der Waals surface area contributed by atoms with Gasteiger partial charge in [-0.15, -0.1) is 5.10 Å². The predicted molar refractivity (Wildman–Crippen MR) is 276 cm³/mol. The van der Waals surface area contributed by atoms with Gasteiger partial charge in [-0.25, -0.2) is 14.3 Å². The average molecular weight is 1120 g/mol. The van der Waals surface area contributed by atoms with Gasteiger partial charge in [-0.05, 0) is 56.4 Å². The second kappa shape index (κ2) is 26.5. The first-order valence-corrected chi connectivity index (χ1v) is 26.7. The van der Waals surface area contributed by atoms with Gasteiger partial charge < -0.3 is 93.3 Å². The van der Waals surface area contributed by atoms with E-state index in [-0.39, 0.29) is 38.0 Å². The number of aliphatic carboxylic acids is 1. The molecule has 4 aliphatic heterocycles. The second-order valence-corrected chi connectivity index (χ2v) is 20.5. The number of carbonyl (C=O) groups excluding carboxylic acids is 1. The van der Waals surface area contributed by atoms with Gasteiger partial charge in [-0.1, -0.05) is 91.9 Å². The Morgan fingerprint density at radius 3 is 2.11 bits per heavy atom. The molecule has 4 aromatic rings. The molecule has 0 spiro atoms. The number of aromatic nitrogens is 3. The molecule has 9 N–H and O–H groups in total. The van der Waals surface area contributed by atoms with Gasteiger partial charge in [0, 0.05) is 16.7 Å². The molecule has 434 valence electrons. The number of hydrogen-bond donors (Lipinski definition) is 9. The highest BCUT2D eigenvalue weighted by atomic mass is 16.8. The maximum Gasteiger partial charge on any atom is 0.338 e. The van der Waals surface area contributed by atoms with Crippen LogP contribution in [0.4, 0.5) is 0 Å². The van der Waals surface area contributed by atoms with Gasteiger partial charge in [0.2, 0.25) is 0 Å². The van der Waals surface area contributed by atoms with Crippen molar-refractivity contribution >= 4 is 18.0 Å². The number of aliphatic hydroxyl groups is 8. The number of carbonyl (C=O) groups is 2. The maximum atomic E-state index is 14.0. The van der Waals surface area contributed by atoms with Crippen LogP contribution >= 0.6 is 0 Å². The summed E-state index contributed by atoms with van der Waals surface area (Å²) in [6.07, 6.45) is -24.0. The highest BCUT2D eigenvalue weighted by molar-refractivity contribution is 5.89. The number of nitrogens with zero attached hydrogens (tertiary/aromatic N) is 3.